The van der Waals surface area contributed by atoms with E-state index in [1.165, 1.54) is 5.01 Å². The normalized spacial score (nSPS) is 16.5. The molecule has 1 N–H and O–H groups in total. The van der Waals surface area contributed by atoms with Crippen LogP contribution in [0.15, 0.2) is 53.2 Å². The second-order valence-corrected chi connectivity index (χ2v) is 7.09. The van der Waals surface area contributed by atoms with Gasteiger partial charge < -0.3 is 5.11 Å². The number of hydrazone groups is 1. The number of aromatic nitrogens is 2. The summed E-state index contributed by atoms with van der Waals surface area (Å²) in [5.74, 6) is -1.31. The number of carboxylic acids is 1. The summed E-state index contributed by atoms with van der Waals surface area (Å²) in [5.41, 5.74) is 3.15. The lowest BCUT2D eigenvalue weighted by molar-refractivity contribution is -0.141. The summed E-state index contributed by atoms with van der Waals surface area (Å²) in [6.45, 7) is 0. The Kier molecular flexibility index (Phi) is 4.64. The Morgan fingerprint density at radius 3 is 2.78 bits per heavy atom. The van der Waals surface area contributed by atoms with Gasteiger partial charge in [0.1, 0.15) is 0 Å². The van der Waals surface area contributed by atoms with Gasteiger partial charge in [0.15, 0.2) is 0 Å². The molecule has 0 saturated heterocycles. The smallest absolute Gasteiger partial charge is 0.303 e. The molecule has 1 aromatic carbocycles. The Balaban J connectivity index is 1.73. The Labute approximate surface area is 159 Å². The Bertz CT molecular complexity index is 1030. The van der Waals surface area contributed by atoms with Crippen molar-refractivity contribution in [3.63, 3.8) is 0 Å². The van der Waals surface area contributed by atoms with Crippen molar-refractivity contribution in [1.82, 2.24) is 15.0 Å². The summed E-state index contributed by atoms with van der Waals surface area (Å²) in [4.78, 5) is 33.4. The first kappa shape index (κ1) is 17.3. The molecular formula is C19H16N4O3S. The fourth-order valence-corrected chi connectivity index (χ4v) is 3.91. The molecule has 1 amide bonds. The molecule has 0 radical (unpaired) electrons. The van der Waals surface area contributed by atoms with Crippen molar-refractivity contribution < 1.29 is 14.7 Å². The number of fused-ring (bicyclic) bond motifs is 1. The lowest BCUT2D eigenvalue weighted by atomic mass is 9.99. The molecule has 27 heavy (non-hydrogen) atoms. The number of carbonyl (C=O) groups is 2. The number of hydrogen-bond donors (Lipinski definition) is 1. The summed E-state index contributed by atoms with van der Waals surface area (Å²) < 4.78 is 0. The first-order valence-electron chi connectivity index (χ1n) is 8.48. The van der Waals surface area contributed by atoms with Crippen molar-refractivity contribution in [3.8, 4) is 0 Å². The van der Waals surface area contributed by atoms with Crippen molar-refractivity contribution in [3.05, 3.63) is 58.5 Å². The lowest BCUT2D eigenvalue weighted by Crippen LogP contribution is -2.27. The predicted octanol–water partition coefficient (Wildman–Crippen LogP) is 3.23. The second kappa shape index (κ2) is 7.24. The van der Waals surface area contributed by atoms with E-state index in [2.05, 4.69) is 15.1 Å². The number of thiophene rings is 1. The molecule has 1 aliphatic rings. The monoisotopic (exact) mass is 380 g/mol. The minimum Gasteiger partial charge on any atom is -0.481 e. The van der Waals surface area contributed by atoms with Crippen molar-refractivity contribution in [2.75, 3.05) is 0 Å². The van der Waals surface area contributed by atoms with E-state index in [9.17, 15) is 9.59 Å². The van der Waals surface area contributed by atoms with Crippen molar-refractivity contribution >= 4 is 40.0 Å². The van der Waals surface area contributed by atoms with Gasteiger partial charge >= 0.3 is 5.97 Å². The minimum atomic E-state index is -1.00. The van der Waals surface area contributed by atoms with Gasteiger partial charge in [0.05, 0.1) is 34.1 Å². The topological polar surface area (TPSA) is 95.8 Å². The van der Waals surface area contributed by atoms with Gasteiger partial charge in [-0.2, -0.15) is 5.10 Å². The fourth-order valence-electron chi connectivity index (χ4n) is 3.19. The molecule has 3 heterocycles. The van der Waals surface area contributed by atoms with Crippen LogP contribution in [0.2, 0.25) is 0 Å². The maximum absolute atomic E-state index is 12.7. The summed E-state index contributed by atoms with van der Waals surface area (Å²) in [5, 5.41) is 16.8. The van der Waals surface area contributed by atoms with Crippen LogP contribution in [0.5, 0.6) is 0 Å². The number of amides is 1. The molecule has 2 aromatic heterocycles. The van der Waals surface area contributed by atoms with Crippen molar-refractivity contribution in [1.29, 1.82) is 0 Å². The van der Waals surface area contributed by atoms with Gasteiger partial charge in [-0.1, -0.05) is 18.2 Å². The largest absolute Gasteiger partial charge is 0.481 e. The van der Waals surface area contributed by atoms with Crippen LogP contribution >= 0.6 is 11.3 Å². The zero-order chi connectivity index (χ0) is 18.8. The molecule has 3 aromatic rings. The first-order chi connectivity index (χ1) is 13.1. The average molecular weight is 380 g/mol. The number of aliphatic carboxylic acids is 1. The van der Waals surface area contributed by atoms with E-state index in [1.54, 1.807) is 23.7 Å². The van der Waals surface area contributed by atoms with Gasteiger partial charge in [0.2, 0.25) is 5.91 Å². The van der Waals surface area contributed by atoms with Crippen molar-refractivity contribution in [2.45, 2.75) is 25.3 Å². The molecular weight excluding hydrogens is 364 g/mol. The van der Waals surface area contributed by atoms with Gasteiger partial charge in [-0.3, -0.25) is 19.6 Å². The molecule has 0 saturated carbocycles. The molecule has 4 rings (SSSR count). The Hall–Kier alpha value is -3.13. The molecule has 1 atom stereocenters. The number of para-hydroxylation sites is 1. The van der Waals surface area contributed by atoms with Gasteiger partial charge in [-0.25, -0.2) is 5.01 Å². The quantitative estimate of drug-likeness (QED) is 0.733. The number of rotatable bonds is 5. The van der Waals surface area contributed by atoms with E-state index in [4.69, 9.17) is 5.11 Å². The first-order valence-corrected chi connectivity index (χ1v) is 9.36. The molecule has 0 aliphatic carbocycles. The summed E-state index contributed by atoms with van der Waals surface area (Å²) in [6.07, 6.45) is 3.49. The van der Waals surface area contributed by atoms with Crippen LogP contribution in [-0.2, 0) is 9.59 Å². The summed E-state index contributed by atoms with van der Waals surface area (Å²) in [6, 6.07) is 9.26. The lowest BCUT2D eigenvalue weighted by Gasteiger charge is -2.22. The fraction of sp³-hybridized carbons (Fsp3) is 0.211. The highest BCUT2D eigenvalue weighted by Crippen LogP contribution is 2.36. The molecule has 0 bridgehead atoms. The molecule has 1 unspecified atom stereocenters. The van der Waals surface area contributed by atoms with Crippen LogP contribution in [0.3, 0.4) is 0 Å². The predicted molar refractivity (Wildman–Crippen MR) is 101 cm³/mol. The van der Waals surface area contributed by atoms with Gasteiger partial charge in [0, 0.05) is 30.8 Å². The molecule has 0 fully saturated rings. The van der Waals surface area contributed by atoms with Crippen LogP contribution in [0, 0.1) is 0 Å². The van der Waals surface area contributed by atoms with Gasteiger partial charge in [-0.15, -0.1) is 11.3 Å². The summed E-state index contributed by atoms with van der Waals surface area (Å²) >= 11 is 1.56. The average Bonchev–Trinajstić information content (AvgIpc) is 3.35. The zero-order valence-corrected chi connectivity index (χ0v) is 15.1. The molecule has 1 aliphatic heterocycles. The van der Waals surface area contributed by atoms with E-state index in [0.717, 1.165) is 27.2 Å². The van der Waals surface area contributed by atoms with Crippen LogP contribution in [-0.4, -0.2) is 37.7 Å². The Morgan fingerprint density at radius 2 is 2.00 bits per heavy atom. The molecule has 0 spiro atoms. The van der Waals surface area contributed by atoms with Crippen LogP contribution in [0.4, 0.5) is 0 Å². The van der Waals surface area contributed by atoms with E-state index in [1.807, 2.05) is 35.7 Å². The number of nitrogens with zero attached hydrogens (tertiary/aromatic N) is 4. The maximum atomic E-state index is 12.7. The van der Waals surface area contributed by atoms with E-state index in [0.29, 0.717) is 6.42 Å². The highest BCUT2D eigenvalue weighted by atomic mass is 32.1. The molecule has 8 heteroatoms. The van der Waals surface area contributed by atoms with Crippen molar-refractivity contribution in [2.24, 2.45) is 5.10 Å². The highest BCUT2D eigenvalue weighted by molar-refractivity contribution is 7.12. The van der Waals surface area contributed by atoms with Crippen LogP contribution in [0.25, 0.3) is 11.0 Å². The van der Waals surface area contributed by atoms with E-state index < -0.39 is 5.97 Å². The number of carboxylic acid groups (broad SMARTS) is 1. The third-order valence-electron chi connectivity index (χ3n) is 4.41. The van der Waals surface area contributed by atoms with E-state index >= 15 is 0 Å². The third-order valence-corrected chi connectivity index (χ3v) is 5.33. The zero-order valence-electron chi connectivity index (χ0n) is 14.3. The number of hydrogen-bond acceptors (Lipinski definition) is 6. The summed E-state index contributed by atoms with van der Waals surface area (Å²) in [7, 11) is 0. The van der Waals surface area contributed by atoms with E-state index in [-0.39, 0.29) is 24.8 Å². The molecule has 136 valence electrons. The Morgan fingerprint density at radius 1 is 1.15 bits per heavy atom. The SMILES string of the molecule is O=C(O)CCC(=O)N1N=C(c2cccs2)CC1c1cccc2nccnc12. The van der Waals surface area contributed by atoms with Crippen LogP contribution < -0.4 is 0 Å². The van der Waals surface area contributed by atoms with Gasteiger partial charge in [-0.05, 0) is 17.5 Å². The molecule has 7 nitrogen and oxygen atoms in total. The number of carbonyl (C=O) groups excluding carboxylic acids is 1. The minimum absolute atomic E-state index is 0.0938. The third kappa shape index (κ3) is 3.43. The number of benzene rings is 1. The standard InChI is InChI=1S/C19H16N4O3S/c24-17(6-7-18(25)26)23-15(11-14(22-23)16-5-2-10-27-16)12-3-1-4-13-19(12)21-9-8-20-13/h1-5,8-10,15H,6-7,11H2,(H,25,26). The maximum Gasteiger partial charge on any atom is 0.303 e. The van der Waals surface area contributed by atoms with Gasteiger partial charge in [0.25, 0.3) is 0 Å². The van der Waals surface area contributed by atoms with Crippen LogP contribution in [0.1, 0.15) is 35.7 Å². The highest BCUT2D eigenvalue weighted by Gasteiger charge is 2.34. The second-order valence-electron chi connectivity index (χ2n) is 6.15.